The molecule has 0 aliphatic heterocycles. The van der Waals surface area contributed by atoms with Crippen molar-refractivity contribution in [3.8, 4) is 0 Å². The van der Waals surface area contributed by atoms with Gasteiger partial charge in [-0.15, -0.1) is 0 Å². The van der Waals surface area contributed by atoms with Gasteiger partial charge in [-0.3, -0.25) is 0 Å². The van der Waals surface area contributed by atoms with Crippen LogP contribution < -0.4 is 5.32 Å². The molecule has 0 amide bonds. The Morgan fingerprint density at radius 1 is 1.29 bits per heavy atom. The molecule has 0 bridgehead atoms. The molecule has 3 nitrogen and oxygen atoms in total. The molecule has 1 aliphatic rings. The lowest BCUT2D eigenvalue weighted by molar-refractivity contribution is 0.115. The Labute approximate surface area is 106 Å². The molecular formula is C13H27NO2S. The van der Waals surface area contributed by atoms with Gasteiger partial charge in [0, 0.05) is 6.26 Å². The van der Waals surface area contributed by atoms with Crippen molar-refractivity contribution in [1.29, 1.82) is 0 Å². The monoisotopic (exact) mass is 261 g/mol. The van der Waals surface area contributed by atoms with E-state index in [1.54, 1.807) is 0 Å². The summed E-state index contributed by atoms with van der Waals surface area (Å²) in [6.45, 7) is 5.62. The third-order valence-corrected chi connectivity index (χ3v) is 4.98. The highest BCUT2D eigenvalue weighted by Gasteiger charge is 2.34. The Bertz CT molecular complexity index is 335. The summed E-state index contributed by atoms with van der Waals surface area (Å²) in [5.74, 6) is 1.55. The average Bonchev–Trinajstić information content (AvgIpc) is 2.17. The van der Waals surface area contributed by atoms with Gasteiger partial charge in [-0.2, -0.15) is 0 Å². The lowest BCUT2D eigenvalue weighted by Gasteiger charge is -2.41. The van der Waals surface area contributed by atoms with Crippen molar-refractivity contribution in [3.63, 3.8) is 0 Å². The van der Waals surface area contributed by atoms with E-state index in [-0.39, 0.29) is 0 Å². The molecule has 0 aromatic rings. The van der Waals surface area contributed by atoms with E-state index < -0.39 is 9.84 Å². The minimum atomic E-state index is -2.82. The van der Waals surface area contributed by atoms with Gasteiger partial charge in [-0.05, 0) is 56.5 Å². The molecule has 0 aromatic carbocycles. The number of nitrogens with one attached hydrogen (secondary N) is 1. The van der Waals surface area contributed by atoms with Crippen LogP contribution in [0.4, 0.5) is 0 Å². The summed E-state index contributed by atoms with van der Waals surface area (Å²) >= 11 is 0. The summed E-state index contributed by atoms with van der Waals surface area (Å²) in [5.41, 5.74) is 0.381. The van der Waals surface area contributed by atoms with Gasteiger partial charge < -0.3 is 5.32 Å². The standard InChI is InChI=1S/C13H27NO2S/c1-13(2)7-5-12(10-14-3)11(9-13)6-8-17(4,15)16/h11-12,14H,5-10H2,1-4H3. The van der Waals surface area contributed by atoms with Crippen LogP contribution in [0, 0.1) is 17.3 Å². The molecule has 4 heteroatoms. The van der Waals surface area contributed by atoms with Crippen LogP contribution in [0.15, 0.2) is 0 Å². The van der Waals surface area contributed by atoms with Crippen molar-refractivity contribution in [2.45, 2.75) is 39.5 Å². The Morgan fingerprint density at radius 3 is 2.47 bits per heavy atom. The minimum absolute atomic E-state index is 0.341. The highest BCUT2D eigenvalue weighted by atomic mass is 32.2. The zero-order chi connectivity index (χ0) is 13.1. The van der Waals surface area contributed by atoms with Gasteiger partial charge >= 0.3 is 0 Å². The fourth-order valence-corrected chi connectivity index (χ4v) is 3.76. The van der Waals surface area contributed by atoms with Crippen molar-refractivity contribution < 1.29 is 8.42 Å². The van der Waals surface area contributed by atoms with E-state index in [1.807, 2.05) is 7.05 Å². The topological polar surface area (TPSA) is 46.2 Å². The molecule has 0 aromatic heterocycles. The molecule has 1 saturated carbocycles. The fraction of sp³-hybridized carbons (Fsp3) is 1.00. The smallest absolute Gasteiger partial charge is 0.147 e. The Kier molecular flexibility index (Phi) is 5.02. The van der Waals surface area contributed by atoms with Crippen molar-refractivity contribution >= 4 is 9.84 Å². The second-order valence-electron chi connectivity index (χ2n) is 6.40. The van der Waals surface area contributed by atoms with E-state index >= 15 is 0 Å². The molecule has 1 N–H and O–H groups in total. The highest BCUT2D eigenvalue weighted by molar-refractivity contribution is 7.90. The predicted molar refractivity (Wildman–Crippen MR) is 72.9 cm³/mol. The molecule has 2 atom stereocenters. The molecule has 0 radical (unpaired) electrons. The minimum Gasteiger partial charge on any atom is -0.319 e. The normalized spacial score (nSPS) is 29.2. The first kappa shape index (κ1) is 15.0. The van der Waals surface area contributed by atoms with Crippen LogP contribution in [0.3, 0.4) is 0 Å². The zero-order valence-corrected chi connectivity index (χ0v) is 12.4. The van der Waals surface area contributed by atoms with Crippen LogP contribution in [-0.2, 0) is 9.84 Å². The Morgan fingerprint density at radius 2 is 1.94 bits per heavy atom. The molecule has 1 rings (SSSR count). The molecule has 102 valence electrons. The van der Waals surface area contributed by atoms with Gasteiger partial charge in [0.05, 0.1) is 5.75 Å². The van der Waals surface area contributed by atoms with E-state index in [1.165, 1.54) is 19.1 Å². The molecule has 0 heterocycles. The van der Waals surface area contributed by atoms with Crippen LogP contribution in [-0.4, -0.2) is 34.0 Å². The summed E-state index contributed by atoms with van der Waals surface area (Å²) in [6.07, 6.45) is 5.81. The van der Waals surface area contributed by atoms with Crippen molar-refractivity contribution in [3.05, 3.63) is 0 Å². The summed E-state index contributed by atoms with van der Waals surface area (Å²) in [5, 5.41) is 3.24. The maximum absolute atomic E-state index is 11.3. The molecule has 1 aliphatic carbocycles. The third kappa shape index (κ3) is 5.38. The van der Waals surface area contributed by atoms with Gasteiger partial charge in [-0.25, -0.2) is 8.42 Å². The van der Waals surface area contributed by atoms with E-state index in [2.05, 4.69) is 19.2 Å². The van der Waals surface area contributed by atoms with Crippen LogP contribution in [0.1, 0.15) is 39.5 Å². The van der Waals surface area contributed by atoms with Gasteiger partial charge in [0.15, 0.2) is 0 Å². The van der Waals surface area contributed by atoms with E-state index in [9.17, 15) is 8.42 Å². The molecule has 2 unspecified atom stereocenters. The summed E-state index contributed by atoms with van der Waals surface area (Å²) < 4.78 is 22.6. The largest absolute Gasteiger partial charge is 0.319 e. The maximum Gasteiger partial charge on any atom is 0.147 e. The van der Waals surface area contributed by atoms with E-state index in [4.69, 9.17) is 0 Å². The molecule has 0 saturated heterocycles. The SMILES string of the molecule is CNCC1CCC(C)(C)CC1CCS(C)(=O)=O. The van der Waals surface area contributed by atoms with E-state index in [0.717, 1.165) is 19.4 Å². The lowest BCUT2D eigenvalue weighted by Crippen LogP contribution is -2.35. The first-order valence-corrected chi connectivity index (χ1v) is 8.62. The first-order chi connectivity index (χ1) is 7.73. The van der Waals surface area contributed by atoms with Crippen LogP contribution in [0.5, 0.6) is 0 Å². The quantitative estimate of drug-likeness (QED) is 0.824. The summed E-state index contributed by atoms with van der Waals surface area (Å²) in [6, 6.07) is 0. The van der Waals surface area contributed by atoms with Gasteiger partial charge in [0.1, 0.15) is 9.84 Å². The molecule has 17 heavy (non-hydrogen) atoms. The van der Waals surface area contributed by atoms with Crippen molar-refractivity contribution in [1.82, 2.24) is 5.32 Å². The number of rotatable bonds is 5. The van der Waals surface area contributed by atoms with Gasteiger partial charge in [-0.1, -0.05) is 13.8 Å². The number of hydrogen-bond acceptors (Lipinski definition) is 3. The lowest BCUT2D eigenvalue weighted by atomic mass is 9.66. The maximum atomic E-state index is 11.3. The van der Waals surface area contributed by atoms with Gasteiger partial charge in [0.25, 0.3) is 0 Å². The number of hydrogen-bond donors (Lipinski definition) is 1. The second kappa shape index (κ2) is 5.70. The third-order valence-electron chi connectivity index (χ3n) is 4.00. The summed E-state index contributed by atoms with van der Waals surface area (Å²) in [7, 11) is -0.840. The van der Waals surface area contributed by atoms with Gasteiger partial charge in [0.2, 0.25) is 0 Å². The predicted octanol–water partition coefficient (Wildman–Crippen LogP) is 2.08. The average molecular weight is 261 g/mol. The Hall–Kier alpha value is -0.0900. The molecule has 0 spiro atoms. The highest BCUT2D eigenvalue weighted by Crippen LogP contribution is 2.43. The van der Waals surface area contributed by atoms with E-state index in [0.29, 0.717) is 23.0 Å². The summed E-state index contributed by atoms with van der Waals surface area (Å²) in [4.78, 5) is 0. The molecule has 1 fully saturated rings. The zero-order valence-electron chi connectivity index (χ0n) is 11.6. The Balaban J connectivity index is 2.61. The van der Waals surface area contributed by atoms with Crippen molar-refractivity contribution in [2.24, 2.45) is 17.3 Å². The second-order valence-corrected chi connectivity index (χ2v) is 8.66. The van der Waals surface area contributed by atoms with Crippen LogP contribution in [0.25, 0.3) is 0 Å². The fourth-order valence-electron chi connectivity index (χ4n) is 3.02. The van der Waals surface area contributed by atoms with Crippen molar-refractivity contribution in [2.75, 3.05) is 25.6 Å². The number of sulfone groups is 1. The van der Waals surface area contributed by atoms with Crippen LogP contribution >= 0.6 is 0 Å². The molecular weight excluding hydrogens is 234 g/mol. The van der Waals surface area contributed by atoms with Crippen LogP contribution in [0.2, 0.25) is 0 Å². The first-order valence-electron chi connectivity index (χ1n) is 6.56.